The highest BCUT2D eigenvalue weighted by atomic mass is 35.6. The second kappa shape index (κ2) is 12.2. The van der Waals surface area contributed by atoms with Gasteiger partial charge in [0.2, 0.25) is 20.0 Å². The summed E-state index contributed by atoms with van der Waals surface area (Å²) in [5.41, 5.74) is 0. The van der Waals surface area contributed by atoms with Crippen LogP contribution in [0, 0.1) is 0 Å². The van der Waals surface area contributed by atoms with Gasteiger partial charge in [-0.25, -0.2) is 9.59 Å². The molecule has 2 amide bonds. The minimum absolute atomic E-state index is 0.00414. The molecule has 0 radical (unpaired) electrons. The van der Waals surface area contributed by atoms with E-state index in [0.29, 0.717) is 0 Å². The number of hydrogen-bond donors (Lipinski definition) is 2. The predicted octanol–water partition coefficient (Wildman–Crippen LogP) is 5.33. The van der Waals surface area contributed by atoms with Crippen molar-refractivity contribution >= 4 is 81.8 Å². The van der Waals surface area contributed by atoms with Crippen LogP contribution in [0.15, 0.2) is 24.3 Å². The Labute approximate surface area is 203 Å². The monoisotopic (exact) mass is 544 g/mol. The summed E-state index contributed by atoms with van der Waals surface area (Å²) in [6.45, 7) is 3.37. The number of alkyl carbamates (subject to hydrolysis) is 2. The summed E-state index contributed by atoms with van der Waals surface area (Å²) in [6.07, 6.45) is -4.71. The van der Waals surface area contributed by atoms with Crippen molar-refractivity contribution in [1.82, 2.24) is 10.6 Å². The van der Waals surface area contributed by atoms with Gasteiger partial charge in [-0.1, -0.05) is 81.7 Å². The molecule has 30 heavy (non-hydrogen) atoms. The van der Waals surface area contributed by atoms with Crippen molar-refractivity contribution < 1.29 is 28.5 Å². The second-order valence-corrected chi connectivity index (χ2v) is 9.99. The number of halogens is 6. The Bertz CT molecular complexity index is 653. The molecule has 0 bridgehead atoms. The first-order valence-corrected chi connectivity index (χ1v) is 10.6. The van der Waals surface area contributed by atoms with Crippen molar-refractivity contribution in [2.45, 2.75) is 33.9 Å². The molecule has 0 saturated heterocycles. The van der Waals surface area contributed by atoms with Crippen LogP contribution in [0.25, 0.3) is 0 Å². The quantitative estimate of drug-likeness (QED) is 0.338. The SMILES string of the molecule is CCOC(=O)N[C@H](Oc1ccccc1O[C@H](NC(=O)OCC)C(Cl)(Cl)Cl)C(Cl)(Cl)Cl. The van der Waals surface area contributed by atoms with Crippen LogP contribution >= 0.6 is 69.6 Å². The molecule has 0 saturated carbocycles. The summed E-state index contributed by atoms with van der Waals surface area (Å²) in [7, 11) is 0. The molecule has 0 aliphatic rings. The number of ether oxygens (including phenoxy) is 4. The molecule has 2 atom stereocenters. The molecule has 1 aromatic carbocycles. The van der Waals surface area contributed by atoms with Gasteiger partial charge in [0, 0.05) is 0 Å². The van der Waals surface area contributed by atoms with Crippen molar-refractivity contribution in [3.8, 4) is 11.5 Å². The molecule has 0 heterocycles. The molecule has 0 fully saturated rings. The minimum Gasteiger partial charge on any atom is -0.462 e. The smallest absolute Gasteiger partial charge is 0.410 e. The number of nitrogens with one attached hydrogen (secondary N) is 2. The molecule has 0 aromatic heterocycles. The Balaban J connectivity index is 3.10. The largest absolute Gasteiger partial charge is 0.462 e. The maximum absolute atomic E-state index is 11.7. The number of carbonyl (C=O) groups is 2. The summed E-state index contributed by atoms with van der Waals surface area (Å²) < 4.78 is 16.5. The normalized spacial score (nSPS) is 13.6. The van der Waals surface area contributed by atoms with E-state index in [1.54, 1.807) is 26.0 Å². The van der Waals surface area contributed by atoms with E-state index in [9.17, 15) is 9.59 Å². The maximum atomic E-state index is 11.7. The number of hydrogen-bond acceptors (Lipinski definition) is 6. The molecule has 0 unspecified atom stereocenters. The molecule has 14 heteroatoms. The summed E-state index contributed by atoms with van der Waals surface area (Å²) >= 11 is 35.3. The van der Waals surface area contributed by atoms with Gasteiger partial charge >= 0.3 is 12.2 Å². The van der Waals surface area contributed by atoms with Crippen LogP contribution in [-0.2, 0) is 9.47 Å². The zero-order chi connectivity index (χ0) is 22.9. The number of para-hydroxylation sites is 2. The Hall–Kier alpha value is -0.900. The highest BCUT2D eigenvalue weighted by molar-refractivity contribution is 6.68. The van der Waals surface area contributed by atoms with Crippen LogP contribution in [0.3, 0.4) is 0 Å². The Morgan fingerprint density at radius 1 is 0.800 bits per heavy atom. The van der Waals surface area contributed by atoms with E-state index in [-0.39, 0.29) is 24.7 Å². The van der Waals surface area contributed by atoms with Gasteiger partial charge in [-0.2, -0.15) is 0 Å². The highest BCUT2D eigenvalue weighted by Crippen LogP contribution is 2.38. The Kier molecular flexibility index (Phi) is 11.0. The molecular formula is C16H18Cl6N2O6. The molecule has 1 aromatic rings. The van der Waals surface area contributed by atoms with Crippen LogP contribution in [0.2, 0.25) is 0 Å². The predicted molar refractivity (Wildman–Crippen MR) is 116 cm³/mol. The van der Waals surface area contributed by atoms with E-state index < -0.39 is 32.2 Å². The van der Waals surface area contributed by atoms with Crippen LogP contribution in [0.4, 0.5) is 9.59 Å². The number of amides is 2. The van der Waals surface area contributed by atoms with E-state index in [1.807, 2.05) is 0 Å². The average molecular weight is 547 g/mol. The minimum atomic E-state index is -2.09. The Morgan fingerprint density at radius 3 is 1.40 bits per heavy atom. The first kappa shape index (κ1) is 27.1. The van der Waals surface area contributed by atoms with Gasteiger partial charge in [0.05, 0.1) is 13.2 Å². The van der Waals surface area contributed by atoms with Gasteiger partial charge in [0.25, 0.3) is 0 Å². The van der Waals surface area contributed by atoms with Crippen molar-refractivity contribution in [2.24, 2.45) is 0 Å². The molecule has 1 rings (SSSR count). The lowest BCUT2D eigenvalue weighted by molar-refractivity contribution is 0.0998. The van der Waals surface area contributed by atoms with E-state index in [1.165, 1.54) is 12.1 Å². The summed E-state index contributed by atoms with van der Waals surface area (Å²) in [4.78, 5) is 23.5. The third kappa shape index (κ3) is 9.49. The van der Waals surface area contributed by atoms with Gasteiger partial charge in [0.15, 0.2) is 11.5 Å². The van der Waals surface area contributed by atoms with E-state index >= 15 is 0 Å². The van der Waals surface area contributed by atoms with Gasteiger partial charge in [-0.05, 0) is 26.0 Å². The molecule has 170 valence electrons. The van der Waals surface area contributed by atoms with E-state index in [4.69, 9.17) is 88.6 Å². The molecule has 0 spiro atoms. The van der Waals surface area contributed by atoms with Gasteiger partial charge < -0.3 is 18.9 Å². The lowest BCUT2D eigenvalue weighted by Gasteiger charge is -2.29. The van der Waals surface area contributed by atoms with Crippen molar-refractivity contribution in [1.29, 1.82) is 0 Å². The van der Waals surface area contributed by atoms with Gasteiger partial charge in [-0.3, -0.25) is 10.6 Å². The summed E-state index contributed by atoms with van der Waals surface area (Å²) in [6, 6.07) is 6.02. The van der Waals surface area contributed by atoms with Crippen LogP contribution in [-0.4, -0.2) is 45.4 Å². The van der Waals surface area contributed by atoms with Crippen LogP contribution in [0.5, 0.6) is 11.5 Å². The maximum Gasteiger partial charge on any atom is 0.410 e. The highest BCUT2D eigenvalue weighted by Gasteiger charge is 2.39. The first-order chi connectivity index (χ1) is 13.9. The molecular weight excluding hydrogens is 529 g/mol. The standard InChI is InChI=1S/C16H18Cl6N2O6/c1-3-27-13(25)23-11(15(17,18)19)29-9-7-5-6-8-10(9)30-12(16(20,21)22)24-14(26)28-4-2/h5-8,11-12H,3-4H2,1-2H3,(H,23,25)(H,24,26)/t11-,12+. The van der Waals surface area contributed by atoms with Crippen LogP contribution < -0.4 is 20.1 Å². The molecule has 0 aliphatic carbocycles. The summed E-state index contributed by atoms with van der Waals surface area (Å²) in [5.74, 6) is -0.00827. The van der Waals surface area contributed by atoms with E-state index in [2.05, 4.69) is 10.6 Å². The number of benzene rings is 1. The third-order valence-corrected chi connectivity index (χ3v) is 4.17. The van der Waals surface area contributed by atoms with Gasteiger partial charge in [-0.15, -0.1) is 0 Å². The van der Waals surface area contributed by atoms with Crippen LogP contribution in [0.1, 0.15) is 13.8 Å². The average Bonchev–Trinajstić information content (AvgIpc) is 2.61. The van der Waals surface area contributed by atoms with Crippen molar-refractivity contribution in [3.63, 3.8) is 0 Å². The van der Waals surface area contributed by atoms with Crippen molar-refractivity contribution in [2.75, 3.05) is 13.2 Å². The van der Waals surface area contributed by atoms with Crippen molar-refractivity contribution in [3.05, 3.63) is 24.3 Å². The number of carbonyl (C=O) groups excluding carboxylic acids is 2. The van der Waals surface area contributed by atoms with Gasteiger partial charge in [0.1, 0.15) is 0 Å². The second-order valence-electron chi connectivity index (χ2n) is 5.26. The van der Waals surface area contributed by atoms with E-state index in [0.717, 1.165) is 0 Å². The fraction of sp³-hybridized carbons (Fsp3) is 0.500. The molecule has 0 aliphatic heterocycles. The fourth-order valence-electron chi connectivity index (χ4n) is 1.81. The molecule has 2 N–H and O–H groups in total. The number of alkyl halides is 6. The summed E-state index contributed by atoms with van der Waals surface area (Å²) in [5, 5.41) is 4.53. The topological polar surface area (TPSA) is 95.1 Å². The fourth-order valence-corrected chi connectivity index (χ4v) is 2.41. The zero-order valence-electron chi connectivity index (χ0n) is 15.6. The first-order valence-electron chi connectivity index (χ1n) is 8.30. The lowest BCUT2D eigenvalue weighted by Crippen LogP contribution is -2.49. The zero-order valence-corrected chi connectivity index (χ0v) is 20.1. The number of rotatable bonds is 8. The lowest BCUT2D eigenvalue weighted by atomic mass is 10.3. The Morgan fingerprint density at radius 2 is 1.13 bits per heavy atom. The molecule has 8 nitrogen and oxygen atoms in total. The third-order valence-electron chi connectivity index (χ3n) is 2.98.